The summed E-state index contributed by atoms with van der Waals surface area (Å²) in [6, 6.07) is 27.1. The predicted molar refractivity (Wildman–Crippen MR) is 238 cm³/mol. The Labute approximate surface area is 365 Å². The molecule has 5 rings (SSSR count). The third-order valence-corrected chi connectivity index (χ3v) is 11.1. The highest BCUT2D eigenvalue weighted by Gasteiger charge is 2.45. The van der Waals surface area contributed by atoms with Crippen LogP contribution >= 0.6 is 0 Å². The minimum absolute atomic E-state index is 0.120. The maximum absolute atomic E-state index is 14.9. The number of urea groups is 1. The molecule has 14 heteroatoms. The molecule has 332 valence electrons. The largest absolute Gasteiger partial charge is 0.481 e. The van der Waals surface area contributed by atoms with Crippen molar-refractivity contribution in [1.82, 2.24) is 35.7 Å². The number of nitrogens with one attached hydrogen (secondary N) is 3. The first-order chi connectivity index (χ1) is 29.5. The molecule has 0 saturated carbocycles. The van der Waals surface area contributed by atoms with Crippen LogP contribution in [0.2, 0.25) is 0 Å². The van der Waals surface area contributed by atoms with Gasteiger partial charge < -0.3 is 40.3 Å². The van der Waals surface area contributed by atoms with Gasteiger partial charge in [0, 0.05) is 55.8 Å². The summed E-state index contributed by atoms with van der Waals surface area (Å²) in [5, 5.41) is 21.1. The molecule has 14 nitrogen and oxygen atoms in total. The van der Waals surface area contributed by atoms with Gasteiger partial charge in [-0.2, -0.15) is 0 Å². The molecule has 2 aromatic heterocycles. The van der Waals surface area contributed by atoms with E-state index in [9.17, 15) is 24.3 Å². The number of hydrogen-bond donors (Lipinski definition) is 4. The van der Waals surface area contributed by atoms with E-state index in [1.165, 1.54) is 7.11 Å². The zero-order valence-corrected chi connectivity index (χ0v) is 37.3. The SMILES string of the molecule is COC(=O)NCC(C)(C)CC(=O)NCCC(O)C(NC(=O)C(N1CCN(Cc2cccc(C)n2)C1=O)C(C)(C)C)C(Cc1ccc(-c2cccc(OC)n2)cc1)c1ccccc1. The molecular weight excluding hydrogens is 787 g/mol. The molecule has 0 aliphatic carbocycles. The zero-order valence-electron chi connectivity index (χ0n) is 37.3. The van der Waals surface area contributed by atoms with Crippen LogP contribution in [0.1, 0.15) is 75.9 Å². The van der Waals surface area contributed by atoms with Crippen LogP contribution in [0, 0.1) is 17.8 Å². The number of ether oxygens (including phenoxy) is 2. The smallest absolute Gasteiger partial charge is 0.406 e. The number of hydrogen-bond acceptors (Lipinski definition) is 9. The van der Waals surface area contributed by atoms with Crippen LogP contribution in [-0.2, 0) is 27.3 Å². The molecule has 0 bridgehead atoms. The highest BCUT2D eigenvalue weighted by Crippen LogP contribution is 2.32. The number of rotatable bonds is 19. The van der Waals surface area contributed by atoms with Crippen LogP contribution in [0.25, 0.3) is 11.3 Å². The Morgan fingerprint density at radius 1 is 0.855 bits per heavy atom. The van der Waals surface area contributed by atoms with E-state index in [4.69, 9.17) is 4.74 Å². The van der Waals surface area contributed by atoms with Crippen molar-refractivity contribution in [3.63, 3.8) is 0 Å². The van der Waals surface area contributed by atoms with Crippen LogP contribution in [0.3, 0.4) is 0 Å². The molecule has 1 saturated heterocycles. The van der Waals surface area contributed by atoms with Crippen molar-refractivity contribution in [2.24, 2.45) is 10.8 Å². The van der Waals surface area contributed by atoms with Gasteiger partial charge >= 0.3 is 12.1 Å². The first-order valence-electron chi connectivity index (χ1n) is 21.2. The number of aryl methyl sites for hydroxylation is 1. The molecule has 3 heterocycles. The third kappa shape index (κ3) is 13.0. The fraction of sp³-hybridized carbons (Fsp3) is 0.458. The van der Waals surface area contributed by atoms with Crippen molar-refractivity contribution in [2.75, 3.05) is 40.4 Å². The molecule has 2 aromatic carbocycles. The van der Waals surface area contributed by atoms with E-state index in [0.717, 1.165) is 33.8 Å². The number of pyridine rings is 2. The van der Waals surface area contributed by atoms with Crippen molar-refractivity contribution in [1.29, 1.82) is 0 Å². The number of carbonyl (C=O) groups excluding carboxylic acids is 4. The molecule has 1 aliphatic heterocycles. The quantitative estimate of drug-likeness (QED) is 0.0849. The number of alkyl carbamates (subject to hydrolysis) is 1. The van der Waals surface area contributed by atoms with Gasteiger partial charge in [-0.05, 0) is 59.9 Å². The van der Waals surface area contributed by atoms with Gasteiger partial charge in [-0.15, -0.1) is 0 Å². The normalized spacial score (nSPS) is 15.0. The second-order valence-corrected chi connectivity index (χ2v) is 17.8. The average Bonchev–Trinajstić information content (AvgIpc) is 3.58. The number of benzene rings is 2. The van der Waals surface area contributed by atoms with Crippen molar-refractivity contribution < 1.29 is 33.8 Å². The average molecular weight is 850 g/mol. The van der Waals surface area contributed by atoms with Crippen molar-refractivity contribution >= 4 is 23.9 Å². The number of methoxy groups -OCH3 is 2. The minimum Gasteiger partial charge on any atom is -0.481 e. The van der Waals surface area contributed by atoms with Gasteiger partial charge in [0.2, 0.25) is 17.7 Å². The molecule has 1 fully saturated rings. The summed E-state index contributed by atoms with van der Waals surface area (Å²) >= 11 is 0. The Kier molecular flexibility index (Phi) is 16.1. The highest BCUT2D eigenvalue weighted by atomic mass is 16.5. The van der Waals surface area contributed by atoms with Gasteiger partial charge in [0.25, 0.3) is 0 Å². The van der Waals surface area contributed by atoms with Gasteiger partial charge in [-0.3, -0.25) is 14.6 Å². The molecule has 4 atom stereocenters. The first kappa shape index (κ1) is 47.0. The van der Waals surface area contributed by atoms with E-state index in [1.807, 2.05) is 126 Å². The molecule has 4 N–H and O–H groups in total. The minimum atomic E-state index is -1.11. The maximum atomic E-state index is 14.9. The molecule has 4 aromatic rings. The van der Waals surface area contributed by atoms with Gasteiger partial charge in [0.05, 0.1) is 44.3 Å². The Bertz CT molecular complexity index is 2120. The lowest BCUT2D eigenvalue weighted by atomic mass is 9.81. The van der Waals surface area contributed by atoms with Crippen LogP contribution in [0.15, 0.2) is 91.0 Å². The summed E-state index contributed by atoms with van der Waals surface area (Å²) < 4.78 is 10.0. The van der Waals surface area contributed by atoms with E-state index in [2.05, 4.69) is 30.7 Å². The Balaban J connectivity index is 1.42. The van der Waals surface area contributed by atoms with Gasteiger partial charge in [0.15, 0.2) is 0 Å². The molecule has 5 amide bonds. The molecule has 0 radical (unpaired) electrons. The number of amides is 5. The van der Waals surface area contributed by atoms with Gasteiger partial charge in [-0.25, -0.2) is 14.6 Å². The second kappa shape index (κ2) is 21.2. The number of aliphatic hydroxyl groups excluding tert-OH is 1. The summed E-state index contributed by atoms with van der Waals surface area (Å²) in [6.45, 7) is 12.9. The Morgan fingerprint density at radius 2 is 1.56 bits per heavy atom. The molecule has 1 aliphatic rings. The highest BCUT2D eigenvalue weighted by molar-refractivity contribution is 5.89. The summed E-state index contributed by atoms with van der Waals surface area (Å²) in [5.74, 6) is -0.534. The van der Waals surface area contributed by atoms with E-state index in [-0.39, 0.29) is 43.8 Å². The predicted octanol–water partition coefficient (Wildman–Crippen LogP) is 6.26. The number of nitrogens with zero attached hydrogens (tertiary/aromatic N) is 4. The third-order valence-electron chi connectivity index (χ3n) is 11.1. The summed E-state index contributed by atoms with van der Waals surface area (Å²) in [7, 11) is 2.86. The second-order valence-electron chi connectivity index (χ2n) is 17.8. The van der Waals surface area contributed by atoms with Crippen LogP contribution in [-0.4, -0.2) is 107 Å². The molecule has 0 spiro atoms. The summed E-state index contributed by atoms with van der Waals surface area (Å²) in [6.07, 6.45) is -0.993. The number of aliphatic hydroxyl groups is 1. The topological polar surface area (TPSA) is 175 Å². The van der Waals surface area contributed by atoms with Gasteiger partial charge in [0.1, 0.15) is 6.04 Å². The first-order valence-corrected chi connectivity index (χ1v) is 21.2. The monoisotopic (exact) mass is 849 g/mol. The van der Waals surface area contributed by atoms with E-state index < -0.39 is 41.0 Å². The summed E-state index contributed by atoms with van der Waals surface area (Å²) in [5.41, 5.74) is 3.93. The molecular formula is C48H63N7O7. The van der Waals surface area contributed by atoms with E-state index >= 15 is 0 Å². The lowest BCUT2D eigenvalue weighted by molar-refractivity contribution is -0.130. The molecule has 4 unspecified atom stereocenters. The maximum Gasteiger partial charge on any atom is 0.406 e. The Hall–Kier alpha value is -6.02. The molecule has 62 heavy (non-hydrogen) atoms. The summed E-state index contributed by atoms with van der Waals surface area (Å²) in [4.78, 5) is 66.3. The van der Waals surface area contributed by atoms with Crippen molar-refractivity contribution in [2.45, 2.75) is 91.5 Å². The Morgan fingerprint density at radius 3 is 2.23 bits per heavy atom. The fourth-order valence-electron chi connectivity index (χ4n) is 7.97. The number of carbonyl (C=O) groups is 4. The van der Waals surface area contributed by atoms with Crippen molar-refractivity contribution in [3.05, 3.63) is 114 Å². The zero-order chi connectivity index (χ0) is 45.0. The number of aromatic nitrogens is 2. The van der Waals surface area contributed by atoms with E-state index in [1.54, 1.807) is 23.0 Å². The lowest BCUT2D eigenvalue weighted by Gasteiger charge is -2.39. The van der Waals surface area contributed by atoms with Crippen LogP contribution in [0.5, 0.6) is 5.88 Å². The van der Waals surface area contributed by atoms with Crippen molar-refractivity contribution in [3.8, 4) is 17.1 Å². The van der Waals surface area contributed by atoms with E-state index in [0.29, 0.717) is 31.9 Å². The van der Waals surface area contributed by atoms with Gasteiger partial charge in [-0.1, -0.05) is 101 Å². The van der Waals surface area contributed by atoms with Crippen LogP contribution < -0.4 is 20.7 Å². The lowest BCUT2D eigenvalue weighted by Crippen LogP contribution is -2.59. The fourth-order valence-corrected chi connectivity index (χ4v) is 7.97. The standard InChI is InChI=1S/C48H63N7O7/c1-32-14-12-17-36(51-32)30-54-26-27-55(46(54)60)43(47(2,3)4)44(58)53-42(39(56)24-25-49-40(57)29-48(5,6)31-50-45(59)62-8)37(34-15-10-9-11-16-34)28-33-20-22-35(23-21-33)38-18-13-19-41(52-38)61-7/h9-23,37,39,42-43,56H,24-31H2,1-8H3,(H,49,57)(H,50,59)(H,53,58). The van der Waals surface area contributed by atoms with Crippen LogP contribution in [0.4, 0.5) is 9.59 Å².